The molecule has 1 aliphatic rings. The number of benzene rings is 1. The Balaban J connectivity index is 1.85. The molecule has 0 unspecified atom stereocenters. The highest BCUT2D eigenvalue weighted by molar-refractivity contribution is 6.06. The summed E-state index contributed by atoms with van der Waals surface area (Å²) in [6.45, 7) is 0.996. The average molecular weight is 300 g/mol. The molecule has 0 saturated heterocycles. The van der Waals surface area contributed by atoms with Crippen molar-refractivity contribution in [1.29, 1.82) is 0 Å². The first-order valence-electron chi connectivity index (χ1n) is 6.86. The van der Waals surface area contributed by atoms with Crippen molar-refractivity contribution in [3.63, 3.8) is 0 Å². The normalized spacial score (nSPS) is 13.4. The van der Waals surface area contributed by atoms with Crippen molar-refractivity contribution in [3.05, 3.63) is 41.7 Å². The first-order chi connectivity index (χ1) is 10.7. The highest BCUT2D eigenvalue weighted by Crippen LogP contribution is 2.40. The molecule has 1 aromatic carbocycles. The third kappa shape index (κ3) is 2.81. The maximum absolute atomic E-state index is 12.0. The average Bonchev–Trinajstić information content (AvgIpc) is 2.98. The molecule has 0 fully saturated rings. The van der Waals surface area contributed by atoms with E-state index in [0.717, 1.165) is 5.56 Å². The van der Waals surface area contributed by atoms with Crippen LogP contribution in [0.3, 0.4) is 0 Å². The number of hydrogen-bond acceptors (Lipinski definition) is 5. The van der Waals surface area contributed by atoms with Gasteiger partial charge in [-0.3, -0.25) is 9.48 Å². The van der Waals surface area contributed by atoms with E-state index < -0.39 is 0 Å². The standard InChI is InChI=1S/C16H16N2O4/c1-18-10-12(9-17-18)13(19)4-3-11-7-14(20-2)16-15(8-11)21-5-6-22-16/h3-4,7-10H,5-6H2,1-2H3. The van der Waals surface area contributed by atoms with E-state index in [4.69, 9.17) is 14.2 Å². The zero-order chi connectivity index (χ0) is 15.5. The molecule has 6 nitrogen and oxygen atoms in total. The quantitative estimate of drug-likeness (QED) is 0.639. The van der Waals surface area contributed by atoms with Gasteiger partial charge in [-0.25, -0.2) is 0 Å². The van der Waals surface area contributed by atoms with Crippen LogP contribution in [0.15, 0.2) is 30.6 Å². The number of fused-ring (bicyclic) bond motifs is 1. The molecule has 1 aliphatic heterocycles. The molecule has 2 aromatic rings. The molecule has 0 radical (unpaired) electrons. The lowest BCUT2D eigenvalue weighted by Gasteiger charge is -2.20. The van der Waals surface area contributed by atoms with E-state index in [1.54, 1.807) is 37.2 Å². The van der Waals surface area contributed by atoms with Gasteiger partial charge in [-0.2, -0.15) is 5.10 Å². The third-order valence-corrected chi connectivity index (χ3v) is 3.27. The SMILES string of the molecule is COc1cc(C=CC(=O)c2cnn(C)c2)cc2c1OCCO2. The summed E-state index contributed by atoms with van der Waals surface area (Å²) in [6.07, 6.45) is 6.44. The zero-order valence-electron chi connectivity index (χ0n) is 12.4. The Kier molecular flexibility index (Phi) is 3.82. The summed E-state index contributed by atoms with van der Waals surface area (Å²) in [7, 11) is 3.34. The predicted molar refractivity (Wildman–Crippen MR) is 80.6 cm³/mol. The molecule has 0 amide bonds. The van der Waals surface area contributed by atoms with Gasteiger partial charge in [0.15, 0.2) is 17.3 Å². The van der Waals surface area contributed by atoms with E-state index in [1.165, 1.54) is 12.3 Å². The maximum atomic E-state index is 12.0. The lowest BCUT2D eigenvalue weighted by atomic mass is 10.1. The van der Waals surface area contributed by atoms with Crippen LogP contribution >= 0.6 is 0 Å². The topological polar surface area (TPSA) is 62.6 Å². The fourth-order valence-electron chi connectivity index (χ4n) is 2.21. The van der Waals surface area contributed by atoms with Gasteiger partial charge in [0.25, 0.3) is 0 Å². The molecule has 0 spiro atoms. The lowest BCUT2D eigenvalue weighted by molar-refractivity contribution is 0.104. The van der Waals surface area contributed by atoms with Crippen molar-refractivity contribution in [3.8, 4) is 17.2 Å². The molecule has 0 saturated carbocycles. The first-order valence-corrected chi connectivity index (χ1v) is 6.86. The van der Waals surface area contributed by atoms with E-state index >= 15 is 0 Å². The highest BCUT2D eigenvalue weighted by Gasteiger charge is 2.17. The number of ketones is 1. The minimum Gasteiger partial charge on any atom is -0.493 e. The van der Waals surface area contributed by atoms with Gasteiger partial charge in [0.1, 0.15) is 13.2 Å². The number of ether oxygens (including phenoxy) is 3. The van der Waals surface area contributed by atoms with Gasteiger partial charge in [-0.05, 0) is 23.8 Å². The number of methoxy groups -OCH3 is 1. The molecule has 22 heavy (non-hydrogen) atoms. The van der Waals surface area contributed by atoms with Crippen LogP contribution in [0.5, 0.6) is 17.2 Å². The number of allylic oxidation sites excluding steroid dienone is 1. The summed E-state index contributed by atoms with van der Waals surface area (Å²) in [5.74, 6) is 1.70. The molecule has 114 valence electrons. The molecular formula is C16H16N2O4. The third-order valence-electron chi connectivity index (χ3n) is 3.27. The number of nitrogens with zero attached hydrogens (tertiary/aromatic N) is 2. The van der Waals surface area contributed by atoms with Gasteiger partial charge in [-0.15, -0.1) is 0 Å². The van der Waals surface area contributed by atoms with E-state index in [-0.39, 0.29) is 5.78 Å². The van der Waals surface area contributed by atoms with Crippen LogP contribution in [0.25, 0.3) is 6.08 Å². The largest absolute Gasteiger partial charge is 0.493 e. The van der Waals surface area contributed by atoms with Crippen LogP contribution in [-0.4, -0.2) is 35.9 Å². The molecule has 3 rings (SSSR count). The van der Waals surface area contributed by atoms with Gasteiger partial charge in [0.2, 0.25) is 5.75 Å². The Labute approximate surface area is 127 Å². The molecule has 0 N–H and O–H groups in total. The van der Waals surface area contributed by atoms with Crippen molar-refractivity contribution in [2.75, 3.05) is 20.3 Å². The molecule has 1 aromatic heterocycles. The minimum absolute atomic E-state index is 0.109. The van der Waals surface area contributed by atoms with E-state index in [0.29, 0.717) is 36.0 Å². The second-order valence-corrected chi connectivity index (χ2v) is 4.85. The minimum atomic E-state index is -0.109. The predicted octanol–water partition coefficient (Wildman–Crippen LogP) is 2.10. The molecule has 6 heteroatoms. The second-order valence-electron chi connectivity index (χ2n) is 4.85. The summed E-state index contributed by atoms with van der Waals surface area (Å²) < 4.78 is 18.0. The van der Waals surface area contributed by atoms with Crippen molar-refractivity contribution in [2.45, 2.75) is 0 Å². The summed E-state index contributed by atoms with van der Waals surface area (Å²) in [5.41, 5.74) is 1.35. The summed E-state index contributed by atoms with van der Waals surface area (Å²) >= 11 is 0. The number of carbonyl (C=O) groups is 1. The first kappa shape index (κ1) is 14.2. The number of rotatable bonds is 4. The van der Waals surface area contributed by atoms with Crippen molar-refractivity contribution in [2.24, 2.45) is 7.05 Å². The number of aryl methyl sites for hydroxylation is 1. The number of aromatic nitrogens is 2. The molecule has 0 atom stereocenters. The Hall–Kier alpha value is -2.76. The van der Waals surface area contributed by atoms with Crippen LogP contribution < -0.4 is 14.2 Å². The molecule has 0 aliphatic carbocycles. The fourth-order valence-corrected chi connectivity index (χ4v) is 2.21. The summed E-state index contributed by atoms with van der Waals surface area (Å²) in [6, 6.07) is 3.63. The van der Waals surface area contributed by atoms with E-state index in [9.17, 15) is 4.79 Å². The maximum Gasteiger partial charge on any atom is 0.203 e. The monoisotopic (exact) mass is 300 g/mol. The van der Waals surface area contributed by atoms with Gasteiger partial charge >= 0.3 is 0 Å². The van der Waals surface area contributed by atoms with Crippen LogP contribution in [0, 0.1) is 0 Å². The second kappa shape index (κ2) is 5.93. The lowest BCUT2D eigenvalue weighted by Crippen LogP contribution is -2.16. The van der Waals surface area contributed by atoms with E-state index in [1.807, 2.05) is 6.07 Å². The number of hydrogen-bond donors (Lipinski definition) is 0. The zero-order valence-corrected chi connectivity index (χ0v) is 12.4. The van der Waals surface area contributed by atoms with Crippen LogP contribution in [-0.2, 0) is 7.05 Å². The van der Waals surface area contributed by atoms with Crippen LogP contribution in [0.2, 0.25) is 0 Å². The molecule has 2 heterocycles. The van der Waals surface area contributed by atoms with Crippen molar-refractivity contribution < 1.29 is 19.0 Å². The molecular weight excluding hydrogens is 284 g/mol. The van der Waals surface area contributed by atoms with E-state index in [2.05, 4.69) is 5.10 Å². The Bertz CT molecular complexity index is 716. The Morgan fingerprint density at radius 3 is 2.91 bits per heavy atom. The fraction of sp³-hybridized carbons (Fsp3) is 0.250. The van der Waals surface area contributed by atoms with Crippen molar-refractivity contribution in [1.82, 2.24) is 9.78 Å². The summed E-state index contributed by atoms with van der Waals surface area (Å²) in [4.78, 5) is 12.0. The van der Waals surface area contributed by atoms with Crippen LogP contribution in [0.4, 0.5) is 0 Å². The molecule has 0 bridgehead atoms. The Morgan fingerprint density at radius 2 is 2.18 bits per heavy atom. The smallest absolute Gasteiger partial charge is 0.203 e. The van der Waals surface area contributed by atoms with Gasteiger partial charge in [0, 0.05) is 13.2 Å². The number of carbonyl (C=O) groups excluding carboxylic acids is 1. The van der Waals surface area contributed by atoms with Gasteiger partial charge in [0.05, 0.1) is 18.9 Å². The van der Waals surface area contributed by atoms with Crippen molar-refractivity contribution >= 4 is 11.9 Å². The summed E-state index contributed by atoms with van der Waals surface area (Å²) in [5, 5.41) is 3.98. The highest BCUT2D eigenvalue weighted by atomic mass is 16.6. The Morgan fingerprint density at radius 1 is 1.36 bits per heavy atom. The van der Waals surface area contributed by atoms with Crippen LogP contribution in [0.1, 0.15) is 15.9 Å². The van der Waals surface area contributed by atoms with Gasteiger partial charge in [-0.1, -0.05) is 6.08 Å². The van der Waals surface area contributed by atoms with Gasteiger partial charge < -0.3 is 14.2 Å².